The summed E-state index contributed by atoms with van der Waals surface area (Å²) in [5, 5.41) is 0.830. The molecule has 1 nitrogen and oxygen atoms in total. The largest absolute Gasteiger partial charge is 0.252 e. The zero-order valence-electron chi connectivity index (χ0n) is 9.51. The van der Waals surface area contributed by atoms with Gasteiger partial charge in [-0.15, -0.1) is 0 Å². The molecule has 0 radical (unpaired) electrons. The van der Waals surface area contributed by atoms with Crippen LogP contribution in [0.1, 0.15) is 0 Å². The number of rotatable bonds is 2. The molecule has 0 amide bonds. The lowest BCUT2D eigenvalue weighted by Gasteiger charge is -2.03. The van der Waals surface area contributed by atoms with Crippen molar-refractivity contribution in [2.75, 3.05) is 0 Å². The molecule has 0 aliphatic rings. The van der Waals surface area contributed by atoms with Gasteiger partial charge in [-0.1, -0.05) is 42.1 Å². The van der Waals surface area contributed by atoms with Gasteiger partial charge in [0.05, 0.1) is 0 Å². The summed E-state index contributed by atoms with van der Waals surface area (Å²) in [5.74, 6) is -0.274. The Hall–Kier alpha value is -1.87. The zero-order valence-corrected chi connectivity index (χ0v) is 10.3. The highest BCUT2D eigenvalue weighted by molar-refractivity contribution is 7.99. The second kappa shape index (κ2) is 4.78. The minimum Gasteiger partial charge on any atom is -0.252 e. The molecule has 0 saturated carbocycles. The fourth-order valence-electron chi connectivity index (χ4n) is 1.78. The van der Waals surface area contributed by atoms with Gasteiger partial charge >= 0.3 is 0 Å². The number of fused-ring (bicyclic) bond motifs is 1. The van der Waals surface area contributed by atoms with Crippen LogP contribution in [0, 0.1) is 5.82 Å². The average molecular weight is 255 g/mol. The molecule has 0 aliphatic heterocycles. The lowest BCUT2D eigenvalue weighted by Crippen LogP contribution is -1.84. The van der Waals surface area contributed by atoms with Gasteiger partial charge in [-0.25, -0.2) is 4.39 Å². The lowest BCUT2D eigenvalue weighted by molar-refractivity contribution is 0.636. The van der Waals surface area contributed by atoms with Gasteiger partial charge in [-0.2, -0.15) is 0 Å². The van der Waals surface area contributed by atoms with Crippen LogP contribution in [0.15, 0.2) is 70.6 Å². The van der Waals surface area contributed by atoms with E-state index >= 15 is 0 Å². The Morgan fingerprint density at radius 3 is 2.56 bits per heavy atom. The summed E-state index contributed by atoms with van der Waals surface area (Å²) in [4.78, 5) is 6.34. The quantitative estimate of drug-likeness (QED) is 0.667. The van der Waals surface area contributed by atoms with Crippen LogP contribution in [-0.4, -0.2) is 4.98 Å². The average Bonchev–Trinajstić information content (AvgIpc) is 2.40. The van der Waals surface area contributed by atoms with Crippen LogP contribution in [-0.2, 0) is 0 Å². The maximum Gasteiger partial charge on any atom is 0.149 e. The third-order valence-corrected chi connectivity index (χ3v) is 3.58. The van der Waals surface area contributed by atoms with Crippen molar-refractivity contribution in [1.29, 1.82) is 0 Å². The first-order chi connectivity index (χ1) is 8.83. The molecule has 2 aromatic carbocycles. The molecule has 18 heavy (non-hydrogen) atoms. The van der Waals surface area contributed by atoms with E-state index in [1.54, 1.807) is 24.0 Å². The van der Waals surface area contributed by atoms with E-state index in [4.69, 9.17) is 0 Å². The summed E-state index contributed by atoms with van der Waals surface area (Å²) in [6, 6.07) is 17.0. The smallest absolute Gasteiger partial charge is 0.149 e. The molecule has 0 saturated heterocycles. The highest BCUT2D eigenvalue weighted by Crippen LogP contribution is 2.29. The summed E-state index contributed by atoms with van der Waals surface area (Å²) in [7, 11) is 0. The second-order valence-electron chi connectivity index (χ2n) is 3.90. The van der Waals surface area contributed by atoms with E-state index in [0.29, 0.717) is 5.52 Å². The van der Waals surface area contributed by atoms with Gasteiger partial charge in [0.25, 0.3) is 0 Å². The molecule has 0 aliphatic carbocycles. The highest BCUT2D eigenvalue weighted by Gasteiger charge is 2.03. The number of halogens is 1. The van der Waals surface area contributed by atoms with Crippen LogP contribution in [0.25, 0.3) is 10.9 Å². The molecule has 0 unspecified atom stereocenters. The van der Waals surface area contributed by atoms with Gasteiger partial charge < -0.3 is 0 Å². The van der Waals surface area contributed by atoms with Crippen molar-refractivity contribution in [2.45, 2.75) is 9.79 Å². The predicted octanol–water partition coefficient (Wildman–Crippen LogP) is 4.53. The summed E-state index contributed by atoms with van der Waals surface area (Å²) in [6.45, 7) is 0. The number of benzene rings is 2. The monoisotopic (exact) mass is 255 g/mol. The number of hydrogen-bond acceptors (Lipinski definition) is 2. The van der Waals surface area contributed by atoms with Gasteiger partial charge in [0.1, 0.15) is 11.3 Å². The molecule has 1 aromatic heterocycles. The Bertz CT molecular complexity index is 682. The Kier molecular flexibility index (Phi) is 2.99. The van der Waals surface area contributed by atoms with Crippen LogP contribution in [0.3, 0.4) is 0 Å². The Morgan fingerprint density at radius 2 is 1.72 bits per heavy atom. The van der Waals surface area contributed by atoms with E-state index in [0.717, 1.165) is 15.2 Å². The Labute approximate surface area is 109 Å². The standard InChI is InChI=1S/C15H10FNS/c16-14-8-4-5-11-9-13(10-17-15(11)14)18-12-6-2-1-3-7-12/h1-10H. The van der Waals surface area contributed by atoms with Crippen LogP contribution in [0.2, 0.25) is 0 Å². The predicted molar refractivity (Wildman–Crippen MR) is 72.3 cm³/mol. The number of aromatic nitrogens is 1. The van der Waals surface area contributed by atoms with E-state index < -0.39 is 0 Å². The van der Waals surface area contributed by atoms with Gasteiger partial charge in [0.15, 0.2) is 0 Å². The third kappa shape index (κ3) is 2.22. The van der Waals surface area contributed by atoms with E-state index in [1.165, 1.54) is 6.07 Å². The van der Waals surface area contributed by atoms with Crippen LogP contribution >= 0.6 is 11.8 Å². The molecule has 0 spiro atoms. The first kappa shape index (κ1) is 11.2. The van der Waals surface area contributed by atoms with E-state index in [9.17, 15) is 4.39 Å². The van der Waals surface area contributed by atoms with E-state index in [-0.39, 0.29) is 5.82 Å². The Balaban J connectivity index is 1.99. The van der Waals surface area contributed by atoms with Crippen molar-refractivity contribution in [2.24, 2.45) is 0 Å². The maximum absolute atomic E-state index is 13.5. The molecule has 3 aromatic rings. The van der Waals surface area contributed by atoms with Crippen LogP contribution in [0.4, 0.5) is 4.39 Å². The zero-order chi connectivity index (χ0) is 12.4. The van der Waals surface area contributed by atoms with Crippen molar-refractivity contribution in [3.8, 4) is 0 Å². The summed E-state index contributed by atoms with van der Waals surface area (Å²) in [5.41, 5.74) is 0.426. The summed E-state index contributed by atoms with van der Waals surface area (Å²) >= 11 is 1.62. The van der Waals surface area contributed by atoms with Crippen molar-refractivity contribution in [3.63, 3.8) is 0 Å². The molecule has 0 fully saturated rings. The molecule has 88 valence electrons. The molecule has 0 bridgehead atoms. The number of para-hydroxylation sites is 1. The van der Waals surface area contributed by atoms with E-state index in [2.05, 4.69) is 4.98 Å². The minimum atomic E-state index is -0.274. The summed E-state index contributed by atoms with van der Waals surface area (Å²) < 4.78 is 13.5. The van der Waals surface area contributed by atoms with Gasteiger partial charge in [-0.05, 0) is 24.3 Å². The highest BCUT2D eigenvalue weighted by atomic mass is 32.2. The van der Waals surface area contributed by atoms with E-state index in [1.807, 2.05) is 42.5 Å². The van der Waals surface area contributed by atoms with Crippen LogP contribution in [0.5, 0.6) is 0 Å². The topological polar surface area (TPSA) is 12.9 Å². The SMILES string of the molecule is Fc1cccc2cc(Sc3ccccc3)cnc12. The van der Waals surface area contributed by atoms with Crippen molar-refractivity contribution < 1.29 is 4.39 Å². The Morgan fingerprint density at radius 1 is 0.889 bits per heavy atom. The second-order valence-corrected chi connectivity index (χ2v) is 5.04. The molecule has 1 heterocycles. The number of nitrogens with zero attached hydrogens (tertiary/aromatic N) is 1. The van der Waals surface area contributed by atoms with Crippen molar-refractivity contribution >= 4 is 22.7 Å². The molecule has 3 rings (SSSR count). The fourth-order valence-corrected chi connectivity index (χ4v) is 2.64. The lowest BCUT2D eigenvalue weighted by atomic mass is 10.2. The minimum absolute atomic E-state index is 0.274. The summed E-state index contributed by atoms with van der Waals surface area (Å²) in [6.07, 6.45) is 1.71. The van der Waals surface area contributed by atoms with Crippen molar-refractivity contribution in [1.82, 2.24) is 4.98 Å². The first-order valence-corrected chi connectivity index (χ1v) is 6.42. The normalized spacial score (nSPS) is 10.7. The van der Waals surface area contributed by atoms with Gasteiger partial charge in [0, 0.05) is 21.4 Å². The van der Waals surface area contributed by atoms with Gasteiger partial charge in [-0.3, -0.25) is 4.98 Å². The molecule has 0 N–H and O–H groups in total. The number of hydrogen-bond donors (Lipinski definition) is 0. The maximum atomic E-state index is 13.5. The molecular formula is C15H10FNS. The fraction of sp³-hybridized carbons (Fsp3) is 0. The molecule has 3 heteroatoms. The molecule has 0 atom stereocenters. The number of pyridine rings is 1. The third-order valence-electron chi connectivity index (χ3n) is 2.62. The van der Waals surface area contributed by atoms with Crippen LogP contribution < -0.4 is 0 Å². The first-order valence-electron chi connectivity index (χ1n) is 5.60. The molecular weight excluding hydrogens is 245 g/mol. The van der Waals surface area contributed by atoms with Crippen molar-refractivity contribution in [3.05, 3.63) is 66.6 Å². The van der Waals surface area contributed by atoms with Gasteiger partial charge in [0.2, 0.25) is 0 Å².